The molecule has 4 heteroatoms. The minimum Gasteiger partial charge on any atom is -0.383 e. The Morgan fingerprint density at radius 3 is 3.17 bits per heavy atom. The molecule has 4 nitrogen and oxygen atoms in total. The number of hydrogen-bond acceptors (Lipinski definition) is 3. The van der Waals surface area contributed by atoms with Crippen molar-refractivity contribution >= 4 is 5.91 Å². The van der Waals surface area contributed by atoms with Gasteiger partial charge in [0.25, 0.3) is 0 Å². The summed E-state index contributed by atoms with van der Waals surface area (Å²) in [5.74, 6) is -0.0180. The number of methoxy groups -OCH3 is 1. The van der Waals surface area contributed by atoms with E-state index in [2.05, 4.69) is 35.8 Å². The first kappa shape index (κ1) is 13.1. The van der Waals surface area contributed by atoms with Crippen molar-refractivity contribution in [1.82, 2.24) is 10.6 Å². The maximum Gasteiger partial charge on any atom is 0.228 e. The Bertz CT molecular complexity index is 432. The van der Waals surface area contributed by atoms with E-state index in [9.17, 15) is 4.79 Å². The molecule has 1 atom stereocenters. The average molecular weight is 248 g/mol. The van der Waals surface area contributed by atoms with Gasteiger partial charge in [0.1, 0.15) is 0 Å². The van der Waals surface area contributed by atoms with Gasteiger partial charge in [-0.2, -0.15) is 0 Å². The molecule has 1 heterocycles. The van der Waals surface area contributed by atoms with Crippen LogP contribution in [-0.4, -0.2) is 32.7 Å². The summed E-state index contributed by atoms with van der Waals surface area (Å²) in [5, 5.41) is 6.20. The van der Waals surface area contributed by atoms with Gasteiger partial charge in [-0.15, -0.1) is 0 Å². The number of fused-ring (bicyclic) bond motifs is 1. The first-order valence-electron chi connectivity index (χ1n) is 6.29. The zero-order valence-corrected chi connectivity index (χ0v) is 11.0. The van der Waals surface area contributed by atoms with Gasteiger partial charge in [-0.25, -0.2) is 0 Å². The molecule has 1 aromatic carbocycles. The third-order valence-electron chi connectivity index (χ3n) is 3.26. The molecule has 0 saturated heterocycles. The molecule has 1 amide bonds. The van der Waals surface area contributed by atoms with E-state index in [1.165, 1.54) is 11.1 Å². The summed E-state index contributed by atoms with van der Waals surface area (Å²) < 4.78 is 4.93. The molecule has 1 aromatic rings. The van der Waals surface area contributed by atoms with Crippen molar-refractivity contribution in [3.05, 3.63) is 34.9 Å². The number of carbonyl (C=O) groups is 1. The van der Waals surface area contributed by atoms with Gasteiger partial charge < -0.3 is 15.4 Å². The van der Waals surface area contributed by atoms with Crippen molar-refractivity contribution in [1.29, 1.82) is 0 Å². The van der Waals surface area contributed by atoms with Crippen LogP contribution in [0.25, 0.3) is 0 Å². The molecule has 18 heavy (non-hydrogen) atoms. The molecule has 0 bridgehead atoms. The fourth-order valence-corrected chi connectivity index (χ4v) is 2.32. The Morgan fingerprint density at radius 2 is 2.39 bits per heavy atom. The number of amides is 1. The minimum absolute atomic E-state index is 0.0735. The highest BCUT2D eigenvalue weighted by Crippen LogP contribution is 2.24. The van der Waals surface area contributed by atoms with Gasteiger partial charge in [0.05, 0.1) is 12.5 Å². The van der Waals surface area contributed by atoms with Gasteiger partial charge in [-0.3, -0.25) is 4.79 Å². The maximum atomic E-state index is 12.1. The van der Waals surface area contributed by atoms with Gasteiger partial charge in [0.15, 0.2) is 0 Å². The van der Waals surface area contributed by atoms with E-state index < -0.39 is 0 Å². The van der Waals surface area contributed by atoms with E-state index >= 15 is 0 Å². The van der Waals surface area contributed by atoms with E-state index in [4.69, 9.17) is 4.74 Å². The predicted molar refractivity (Wildman–Crippen MR) is 70.5 cm³/mol. The Labute approximate surface area is 108 Å². The molecular weight excluding hydrogens is 228 g/mol. The van der Waals surface area contributed by atoms with Crippen LogP contribution >= 0.6 is 0 Å². The molecule has 0 aliphatic carbocycles. The van der Waals surface area contributed by atoms with Crippen molar-refractivity contribution in [2.24, 2.45) is 0 Å². The molecule has 0 fully saturated rings. The van der Waals surface area contributed by atoms with E-state index in [0.29, 0.717) is 19.7 Å². The number of carbonyl (C=O) groups excluding carboxylic acids is 1. The summed E-state index contributed by atoms with van der Waals surface area (Å²) >= 11 is 0. The van der Waals surface area contributed by atoms with Crippen LogP contribution in [0.15, 0.2) is 18.2 Å². The summed E-state index contributed by atoms with van der Waals surface area (Å²) in [4.78, 5) is 12.1. The summed E-state index contributed by atoms with van der Waals surface area (Å²) in [5.41, 5.74) is 3.61. The highest BCUT2D eigenvalue weighted by molar-refractivity contribution is 5.84. The maximum absolute atomic E-state index is 12.1. The Hall–Kier alpha value is -1.39. The molecule has 2 N–H and O–H groups in total. The topological polar surface area (TPSA) is 50.4 Å². The van der Waals surface area contributed by atoms with Crippen LogP contribution in [0.3, 0.4) is 0 Å². The van der Waals surface area contributed by atoms with Crippen LogP contribution in [0.2, 0.25) is 0 Å². The number of rotatable bonds is 4. The number of benzene rings is 1. The fourth-order valence-electron chi connectivity index (χ4n) is 2.32. The Morgan fingerprint density at radius 1 is 1.56 bits per heavy atom. The van der Waals surface area contributed by atoms with Crippen molar-refractivity contribution in [2.75, 3.05) is 26.8 Å². The van der Waals surface area contributed by atoms with Crippen molar-refractivity contribution < 1.29 is 9.53 Å². The van der Waals surface area contributed by atoms with E-state index in [1.54, 1.807) is 7.11 Å². The van der Waals surface area contributed by atoms with Gasteiger partial charge in [0.2, 0.25) is 5.91 Å². The minimum atomic E-state index is -0.0915. The number of hydrogen-bond donors (Lipinski definition) is 2. The smallest absolute Gasteiger partial charge is 0.228 e. The lowest BCUT2D eigenvalue weighted by atomic mass is 9.89. The third-order valence-corrected chi connectivity index (χ3v) is 3.26. The highest BCUT2D eigenvalue weighted by Gasteiger charge is 2.25. The molecule has 2 rings (SSSR count). The third kappa shape index (κ3) is 2.89. The predicted octanol–water partition coefficient (Wildman–Crippen LogP) is 0.944. The quantitative estimate of drug-likeness (QED) is 0.780. The van der Waals surface area contributed by atoms with E-state index in [0.717, 1.165) is 12.1 Å². The molecule has 0 aromatic heterocycles. The first-order chi connectivity index (χ1) is 8.72. The van der Waals surface area contributed by atoms with Gasteiger partial charge in [0, 0.05) is 26.7 Å². The fraction of sp³-hybridized carbons (Fsp3) is 0.500. The molecular formula is C14H20N2O2. The van der Waals surface area contributed by atoms with Crippen molar-refractivity contribution in [3.8, 4) is 0 Å². The summed E-state index contributed by atoms with van der Waals surface area (Å²) in [6.45, 7) is 4.73. The molecule has 1 unspecified atom stereocenters. The molecule has 0 radical (unpaired) electrons. The monoisotopic (exact) mass is 248 g/mol. The van der Waals surface area contributed by atoms with Crippen LogP contribution in [0.5, 0.6) is 0 Å². The highest BCUT2D eigenvalue weighted by atomic mass is 16.5. The second-order valence-corrected chi connectivity index (χ2v) is 4.67. The van der Waals surface area contributed by atoms with Crippen molar-refractivity contribution in [3.63, 3.8) is 0 Å². The molecule has 98 valence electrons. The lowest BCUT2D eigenvalue weighted by Gasteiger charge is -2.26. The zero-order valence-electron chi connectivity index (χ0n) is 11.0. The Balaban J connectivity index is 2.09. The van der Waals surface area contributed by atoms with Crippen LogP contribution in [0, 0.1) is 6.92 Å². The van der Waals surface area contributed by atoms with Gasteiger partial charge in [-0.05, 0) is 18.1 Å². The van der Waals surface area contributed by atoms with Crippen LogP contribution in [-0.2, 0) is 16.1 Å². The van der Waals surface area contributed by atoms with Crippen LogP contribution in [0.4, 0.5) is 0 Å². The molecule has 1 aliphatic rings. The summed E-state index contributed by atoms with van der Waals surface area (Å²) in [6.07, 6.45) is 0. The molecule has 0 saturated carbocycles. The number of nitrogens with one attached hydrogen (secondary N) is 2. The lowest BCUT2D eigenvalue weighted by molar-refractivity contribution is -0.122. The van der Waals surface area contributed by atoms with Gasteiger partial charge in [-0.1, -0.05) is 23.8 Å². The molecule has 0 spiro atoms. The summed E-state index contributed by atoms with van der Waals surface area (Å²) in [7, 11) is 1.63. The largest absolute Gasteiger partial charge is 0.383 e. The Kier molecular flexibility index (Phi) is 4.33. The summed E-state index contributed by atoms with van der Waals surface area (Å²) in [6, 6.07) is 6.29. The average Bonchev–Trinajstić information content (AvgIpc) is 2.37. The number of ether oxygens (including phenoxy) is 1. The standard InChI is InChI=1S/C14H20N2O2/c1-10-3-4-12-11(7-10)8-15-9-13(12)14(17)16-5-6-18-2/h3-4,7,13,15H,5-6,8-9H2,1-2H3,(H,16,17). The second kappa shape index (κ2) is 5.98. The zero-order chi connectivity index (χ0) is 13.0. The SMILES string of the molecule is COCCNC(=O)C1CNCc2cc(C)ccc21. The normalized spacial score (nSPS) is 18.2. The lowest BCUT2D eigenvalue weighted by Crippen LogP contribution is -2.39. The second-order valence-electron chi connectivity index (χ2n) is 4.67. The molecule has 1 aliphatic heterocycles. The van der Waals surface area contributed by atoms with Gasteiger partial charge >= 0.3 is 0 Å². The first-order valence-corrected chi connectivity index (χ1v) is 6.29. The van der Waals surface area contributed by atoms with Crippen LogP contribution in [0.1, 0.15) is 22.6 Å². The van der Waals surface area contributed by atoms with E-state index in [1.807, 2.05) is 0 Å². The van der Waals surface area contributed by atoms with Crippen molar-refractivity contribution in [2.45, 2.75) is 19.4 Å². The van der Waals surface area contributed by atoms with Crippen LogP contribution < -0.4 is 10.6 Å². The number of aryl methyl sites for hydroxylation is 1. The van der Waals surface area contributed by atoms with E-state index in [-0.39, 0.29) is 11.8 Å².